The van der Waals surface area contributed by atoms with Crippen LogP contribution < -0.4 is 5.32 Å². The van der Waals surface area contributed by atoms with E-state index in [9.17, 15) is 4.39 Å². The zero-order valence-electron chi connectivity index (χ0n) is 10.9. The summed E-state index contributed by atoms with van der Waals surface area (Å²) in [6.07, 6.45) is 5.03. The number of benzene rings is 2. The summed E-state index contributed by atoms with van der Waals surface area (Å²) >= 11 is 0. The molecule has 0 saturated heterocycles. The van der Waals surface area contributed by atoms with Gasteiger partial charge in [-0.05, 0) is 36.2 Å². The molecule has 0 aliphatic carbocycles. The molecule has 1 N–H and O–H groups in total. The van der Waals surface area contributed by atoms with E-state index in [0.29, 0.717) is 0 Å². The standard InChI is InChI=1S/C17H18FN/c18-17-10-4-8-16(14-17)11-13-19-12-5-9-15-6-2-1-3-7-15/h1-10,14,19H,11-13H2. The van der Waals surface area contributed by atoms with Crippen molar-refractivity contribution in [2.75, 3.05) is 13.1 Å². The van der Waals surface area contributed by atoms with Crippen LogP contribution in [-0.2, 0) is 6.42 Å². The number of hydrogen-bond acceptors (Lipinski definition) is 1. The Bertz CT molecular complexity index is 520. The highest BCUT2D eigenvalue weighted by molar-refractivity contribution is 5.48. The molecule has 0 radical (unpaired) electrons. The Hall–Kier alpha value is -1.93. The van der Waals surface area contributed by atoms with Crippen molar-refractivity contribution in [3.05, 3.63) is 77.6 Å². The lowest BCUT2D eigenvalue weighted by Crippen LogP contribution is -2.16. The second-order valence-electron chi connectivity index (χ2n) is 4.40. The van der Waals surface area contributed by atoms with Crippen molar-refractivity contribution in [1.29, 1.82) is 0 Å². The molecule has 98 valence electrons. The van der Waals surface area contributed by atoms with Gasteiger partial charge in [0.25, 0.3) is 0 Å². The molecular weight excluding hydrogens is 237 g/mol. The zero-order valence-corrected chi connectivity index (χ0v) is 10.9. The molecule has 0 aliphatic heterocycles. The van der Waals surface area contributed by atoms with Gasteiger partial charge in [-0.25, -0.2) is 4.39 Å². The molecule has 0 aliphatic rings. The van der Waals surface area contributed by atoms with E-state index in [4.69, 9.17) is 0 Å². The Labute approximate surface area is 113 Å². The van der Waals surface area contributed by atoms with Crippen molar-refractivity contribution >= 4 is 6.08 Å². The second-order valence-corrected chi connectivity index (χ2v) is 4.40. The number of nitrogens with one attached hydrogen (secondary N) is 1. The van der Waals surface area contributed by atoms with Crippen LogP contribution in [0, 0.1) is 5.82 Å². The monoisotopic (exact) mass is 255 g/mol. The van der Waals surface area contributed by atoms with Crippen LogP contribution in [0.2, 0.25) is 0 Å². The summed E-state index contributed by atoms with van der Waals surface area (Å²) in [4.78, 5) is 0. The van der Waals surface area contributed by atoms with E-state index in [2.05, 4.69) is 29.6 Å². The van der Waals surface area contributed by atoms with Gasteiger partial charge in [-0.3, -0.25) is 0 Å². The predicted octanol–water partition coefficient (Wildman–Crippen LogP) is 3.67. The van der Waals surface area contributed by atoms with Crippen LogP contribution in [0.25, 0.3) is 6.08 Å². The van der Waals surface area contributed by atoms with E-state index in [1.54, 1.807) is 12.1 Å². The minimum atomic E-state index is -0.165. The first kappa shape index (κ1) is 13.5. The van der Waals surface area contributed by atoms with Gasteiger partial charge in [0.1, 0.15) is 5.82 Å². The lowest BCUT2D eigenvalue weighted by Gasteiger charge is -2.02. The maximum absolute atomic E-state index is 13.0. The molecule has 0 bridgehead atoms. The van der Waals surface area contributed by atoms with Gasteiger partial charge in [0.2, 0.25) is 0 Å². The van der Waals surface area contributed by atoms with Crippen LogP contribution in [0.15, 0.2) is 60.7 Å². The van der Waals surface area contributed by atoms with E-state index in [0.717, 1.165) is 25.1 Å². The van der Waals surface area contributed by atoms with E-state index >= 15 is 0 Å². The van der Waals surface area contributed by atoms with Crippen LogP contribution in [-0.4, -0.2) is 13.1 Å². The Morgan fingerprint density at radius 2 is 1.84 bits per heavy atom. The maximum atomic E-state index is 13.0. The first-order valence-corrected chi connectivity index (χ1v) is 6.51. The normalized spacial score (nSPS) is 11.0. The summed E-state index contributed by atoms with van der Waals surface area (Å²) < 4.78 is 13.0. The maximum Gasteiger partial charge on any atom is 0.123 e. The Balaban J connectivity index is 1.66. The highest BCUT2D eigenvalue weighted by atomic mass is 19.1. The van der Waals surface area contributed by atoms with E-state index in [1.165, 1.54) is 11.6 Å². The molecule has 0 heterocycles. The lowest BCUT2D eigenvalue weighted by molar-refractivity contribution is 0.624. The van der Waals surface area contributed by atoms with E-state index in [1.807, 2.05) is 24.3 Å². The van der Waals surface area contributed by atoms with Crippen molar-refractivity contribution < 1.29 is 4.39 Å². The highest BCUT2D eigenvalue weighted by Crippen LogP contribution is 2.03. The number of hydrogen-bond donors (Lipinski definition) is 1. The van der Waals surface area contributed by atoms with Crippen LogP contribution in [0.1, 0.15) is 11.1 Å². The number of halogens is 1. The summed E-state index contributed by atoms with van der Waals surface area (Å²) in [5, 5.41) is 3.31. The number of rotatable bonds is 6. The minimum absolute atomic E-state index is 0.165. The molecule has 0 amide bonds. The fourth-order valence-corrected chi connectivity index (χ4v) is 1.87. The molecule has 0 fully saturated rings. The topological polar surface area (TPSA) is 12.0 Å². The van der Waals surface area contributed by atoms with Gasteiger partial charge >= 0.3 is 0 Å². The molecule has 0 unspecified atom stereocenters. The van der Waals surface area contributed by atoms with Gasteiger partial charge in [0.15, 0.2) is 0 Å². The Morgan fingerprint density at radius 3 is 2.63 bits per heavy atom. The first-order chi connectivity index (χ1) is 9.34. The van der Waals surface area contributed by atoms with Crippen LogP contribution in [0.3, 0.4) is 0 Å². The van der Waals surface area contributed by atoms with Gasteiger partial charge in [-0.15, -0.1) is 0 Å². The third kappa shape index (κ3) is 5.06. The molecular formula is C17H18FN. The average molecular weight is 255 g/mol. The highest BCUT2D eigenvalue weighted by Gasteiger charge is 1.94. The van der Waals surface area contributed by atoms with Crippen LogP contribution in [0.4, 0.5) is 4.39 Å². The molecule has 0 aromatic heterocycles. The van der Waals surface area contributed by atoms with E-state index in [-0.39, 0.29) is 5.82 Å². The molecule has 2 rings (SSSR count). The van der Waals surface area contributed by atoms with Crippen molar-refractivity contribution in [1.82, 2.24) is 5.32 Å². The summed E-state index contributed by atoms with van der Waals surface area (Å²) in [6, 6.07) is 17.0. The van der Waals surface area contributed by atoms with Crippen molar-refractivity contribution in [3.63, 3.8) is 0 Å². The third-order valence-corrected chi connectivity index (χ3v) is 2.85. The van der Waals surface area contributed by atoms with Crippen molar-refractivity contribution in [3.8, 4) is 0 Å². The smallest absolute Gasteiger partial charge is 0.123 e. The van der Waals surface area contributed by atoms with Gasteiger partial charge in [0, 0.05) is 6.54 Å². The lowest BCUT2D eigenvalue weighted by atomic mass is 10.1. The summed E-state index contributed by atoms with van der Waals surface area (Å²) in [7, 11) is 0. The van der Waals surface area contributed by atoms with Gasteiger partial charge in [-0.1, -0.05) is 54.6 Å². The van der Waals surface area contributed by atoms with Gasteiger partial charge in [-0.2, -0.15) is 0 Å². The first-order valence-electron chi connectivity index (χ1n) is 6.51. The molecule has 0 spiro atoms. The zero-order chi connectivity index (χ0) is 13.3. The molecule has 1 nitrogen and oxygen atoms in total. The molecule has 19 heavy (non-hydrogen) atoms. The van der Waals surface area contributed by atoms with Crippen LogP contribution in [0.5, 0.6) is 0 Å². The molecule has 0 atom stereocenters. The van der Waals surface area contributed by atoms with Crippen molar-refractivity contribution in [2.45, 2.75) is 6.42 Å². The molecule has 2 aromatic rings. The third-order valence-electron chi connectivity index (χ3n) is 2.85. The van der Waals surface area contributed by atoms with Gasteiger partial charge in [0.05, 0.1) is 0 Å². The molecule has 0 saturated carbocycles. The fourth-order valence-electron chi connectivity index (χ4n) is 1.87. The SMILES string of the molecule is Fc1cccc(CCNCC=Cc2ccccc2)c1. The molecule has 2 aromatic carbocycles. The van der Waals surface area contributed by atoms with Crippen molar-refractivity contribution in [2.24, 2.45) is 0 Å². The summed E-state index contributed by atoms with van der Waals surface area (Å²) in [6.45, 7) is 1.67. The summed E-state index contributed by atoms with van der Waals surface area (Å²) in [5.41, 5.74) is 2.23. The van der Waals surface area contributed by atoms with Crippen LogP contribution >= 0.6 is 0 Å². The Kier molecular flexibility index (Phi) is 5.32. The minimum Gasteiger partial charge on any atom is -0.313 e. The largest absolute Gasteiger partial charge is 0.313 e. The average Bonchev–Trinajstić information content (AvgIpc) is 2.44. The predicted molar refractivity (Wildman–Crippen MR) is 78.4 cm³/mol. The molecule has 2 heteroatoms. The van der Waals surface area contributed by atoms with E-state index < -0.39 is 0 Å². The Morgan fingerprint density at radius 1 is 1.00 bits per heavy atom. The fraction of sp³-hybridized carbons (Fsp3) is 0.176. The quantitative estimate of drug-likeness (QED) is 0.777. The second kappa shape index (κ2) is 7.49. The summed E-state index contributed by atoms with van der Waals surface area (Å²) in [5.74, 6) is -0.165. The van der Waals surface area contributed by atoms with Gasteiger partial charge < -0.3 is 5.32 Å².